The molecular formula is C21H22ClN3O. The van der Waals surface area contributed by atoms with E-state index in [1.807, 2.05) is 42.5 Å². The van der Waals surface area contributed by atoms with Gasteiger partial charge >= 0.3 is 0 Å². The molecule has 0 aliphatic heterocycles. The van der Waals surface area contributed by atoms with E-state index in [9.17, 15) is 0 Å². The van der Waals surface area contributed by atoms with Crippen LogP contribution in [-0.4, -0.2) is 16.2 Å². The smallest absolute Gasteiger partial charge is 0.249 e. The molecule has 1 aromatic heterocycles. The number of hydrogen-bond donors (Lipinski definition) is 1. The van der Waals surface area contributed by atoms with Crippen molar-refractivity contribution >= 4 is 11.6 Å². The van der Waals surface area contributed by atoms with E-state index >= 15 is 0 Å². The molecule has 134 valence electrons. The first-order valence-corrected chi connectivity index (χ1v) is 9.58. The molecule has 1 aliphatic carbocycles. The average Bonchev–Trinajstić information content (AvgIpc) is 3.17. The zero-order valence-corrected chi connectivity index (χ0v) is 15.3. The van der Waals surface area contributed by atoms with Crippen molar-refractivity contribution in [3.8, 4) is 11.5 Å². The number of rotatable bonds is 5. The molecule has 2 aromatic carbocycles. The Kier molecular flexibility index (Phi) is 5.32. The summed E-state index contributed by atoms with van der Waals surface area (Å²) >= 11 is 6.28. The second-order valence-corrected chi connectivity index (χ2v) is 7.18. The Hall–Kier alpha value is -2.17. The van der Waals surface area contributed by atoms with Crippen molar-refractivity contribution in [3.63, 3.8) is 0 Å². The number of hydrogen-bond acceptors (Lipinski definition) is 4. The summed E-state index contributed by atoms with van der Waals surface area (Å²) in [6.07, 6.45) is 6.25. The standard InChI is InChI=1S/C21H22ClN3O/c22-18-14-8-7-13-17(18)20-24-25-21(26-20)19(15-9-3-1-4-10-15)23-16-11-5-2-6-12-16/h1,3-4,7-10,13-14,16,19,23H,2,5-6,11-12H2/t19-/m1/s1. The molecule has 5 heteroatoms. The van der Waals surface area contributed by atoms with Crippen LogP contribution in [0.5, 0.6) is 0 Å². The second kappa shape index (κ2) is 8.02. The van der Waals surface area contributed by atoms with Gasteiger partial charge in [0.2, 0.25) is 11.8 Å². The first-order chi connectivity index (χ1) is 12.8. The van der Waals surface area contributed by atoms with Gasteiger partial charge in [-0.05, 0) is 30.5 Å². The zero-order chi connectivity index (χ0) is 17.8. The normalized spacial score (nSPS) is 16.5. The highest BCUT2D eigenvalue weighted by molar-refractivity contribution is 6.33. The molecule has 0 radical (unpaired) electrons. The van der Waals surface area contributed by atoms with Crippen LogP contribution in [0.2, 0.25) is 5.02 Å². The summed E-state index contributed by atoms with van der Waals surface area (Å²) in [4.78, 5) is 0. The Morgan fingerprint density at radius 2 is 1.65 bits per heavy atom. The number of nitrogens with one attached hydrogen (secondary N) is 1. The predicted octanol–water partition coefficient (Wildman–Crippen LogP) is 5.40. The minimum Gasteiger partial charge on any atom is -0.419 e. The Labute approximate surface area is 158 Å². The number of benzene rings is 2. The van der Waals surface area contributed by atoms with E-state index in [0.717, 1.165) is 11.1 Å². The van der Waals surface area contributed by atoms with Crippen molar-refractivity contribution in [2.24, 2.45) is 0 Å². The van der Waals surface area contributed by atoms with Crippen LogP contribution in [0.25, 0.3) is 11.5 Å². The quantitative estimate of drug-likeness (QED) is 0.655. The summed E-state index contributed by atoms with van der Waals surface area (Å²) in [5.41, 5.74) is 1.89. The fraction of sp³-hybridized carbons (Fsp3) is 0.333. The largest absolute Gasteiger partial charge is 0.419 e. The van der Waals surface area contributed by atoms with Crippen LogP contribution in [0, 0.1) is 0 Å². The van der Waals surface area contributed by atoms with E-state index in [1.165, 1.54) is 32.1 Å². The Balaban J connectivity index is 1.64. The molecule has 0 amide bonds. The lowest BCUT2D eigenvalue weighted by Gasteiger charge is -2.27. The van der Waals surface area contributed by atoms with Gasteiger partial charge in [0.15, 0.2) is 0 Å². The van der Waals surface area contributed by atoms with E-state index in [4.69, 9.17) is 16.0 Å². The third-order valence-corrected chi connectivity index (χ3v) is 5.26. The average molecular weight is 368 g/mol. The molecule has 3 aromatic rings. The summed E-state index contributed by atoms with van der Waals surface area (Å²) in [6.45, 7) is 0. The molecule has 1 heterocycles. The molecule has 0 unspecified atom stereocenters. The molecule has 0 spiro atoms. The number of aromatic nitrogens is 2. The molecule has 1 atom stereocenters. The van der Waals surface area contributed by atoms with E-state index < -0.39 is 0 Å². The predicted molar refractivity (Wildman–Crippen MR) is 103 cm³/mol. The van der Waals surface area contributed by atoms with Crippen molar-refractivity contribution in [2.45, 2.75) is 44.2 Å². The van der Waals surface area contributed by atoms with Gasteiger partial charge in [-0.25, -0.2) is 0 Å². The molecule has 1 N–H and O–H groups in total. The molecular weight excluding hydrogens is 346 g/mol. The monoisotopic (exact) mass is 367 g/mol. The van der Waals surface area contributed by atoms with Gasteiger partial charge in [0, 0.05) is 6.04 Å². The number of halogens is 1. The molecule has 0 bridgehead atoms. The van der Waals surface area contributed by atoms with Gasteiger partial charge in [-0.15, -0.1) is 10.2 Å². The minimum absolute atomic E-state index is 0.108. The Morgan fingerprint density at radius 3 is 2.42 bits per heavy atom. The minimum atomic E-state index is -0.108. The SMILES string of the molecule is Clc1ccccc1-c1nnc([C@H](NC2CCCCC2)c2ccccc2)o1. The molecule has 4 nitrogen and oxygen atoms in total. The third kappa shape index (κ3) is 3.81. The Morgan fingerprint density at radius 1 is 0.923 bits per heavy atom. The maximum Gasteiger partial charge on any atom is 0.249 e. The van der Waals surface area contributed by atoms with Gasteiger partial charge in [-0.1, -0.05) is 73.3 Å². The zero-order valence-electron chi connectivity index (χ0n) is 14.6. The molecule has 1 fully saturated rings. The summed E-state index contributed by atoms with van der Waals surface area (Å²) in [6, 6.07) is 18.2. The van der Waals surface area contributed by atoms with Crippen molar-refractivity contribution < 1.29 is 4.42 Å². The maximum atomic E-state index is 6.28. The molecule has 26 heavy (non-hydrogen) atoms. The van der Waals surface area contributed by atoms with Crippen LogP contribution >= 0.6 is 11.6 Å². The van der Waals surface area contributed by atoms with Crippen LogP contribution in [0.1, 0.15) is 49.6 Å². The lowest BCUT2D eigenvalue weighted by molar-refractivity contribution is 0.329. The van der Waals surface area contributed by atoms with Crippen LogP contribution in [0.15, 0.2) is 59.0 Å². The van der Waals surface area contributed by atoms with Crippen LogP contribution in [-0.2, 0) is 0 Å². The lowest BCUT2D eigenvalue weighted by Crippen LogP contribution is -2.35. The van der Waals surface area contributed by atoms with E-state index in [-0.39, 0.29) is 6.04 Å². The highest BCUT2D eigenvalue weighted by Crippen LogP contribution is 2.30. The fourth-order valence-electron chi connectivity index (χ4n) is 3.56. The topological polar surface area (TPSA) is 51.0 Å². The van der Waals surface area contributed by atoms with Crippen molar-refractivity contribution in [1.82, 2.24) is 15.5 Å². The van der Waals surface area contributed by atoms with Gasteiger partial charge in [0.05, 0.1) is 10.6 Å². The fourth-order valence-corrected chi connectivity index (χ4v) is 3.77. The first-order valence-electron chi connectivity index (χ1n) is 9.20. The lowest BCUT2D eigenvalue weighted by atomic mass is 9.94. The highest BCUT2D eigenvalue weighted by Gasteiger charge is 2.25. The third-order valence-electron chi connectivity index (χ3n) is 4.93. The van der Waals surface area contributed by atoms with E-state index in [1.54, 1.807) is 0 Å². The second-order valence-electron chi connectivity index (χ2n) is 6.77. The summed E-state index contributed by atoms with van der Waals surface area (Å²) in [5, 5.41) is 12.9. The molecule has 4 rings (SSSR count). The molecule has 1 saturated carbocycles. The maximum absolute atomic E-state index is 6.28. The van der Waals surface area contributed by atoms with E-state index in [0.29, 0.717) is 22.8 Å². The summed E-state index contributed by atoms with van der Waals surface area (Å²) < 4.78 is 6.04. The summed E-state index contributed by atoms with van der Waals surface area (Å²) in [7, 11) is 0. The van der Waals surface area contributed by atoms with Crippen LogP contribution in [0.4, 0.5) is 0 Å². The molecule has 1 aliphatic rings. The Bertz CT molecular complexity index is 843. The van der Waals surface area contributed by atoms with Crippen molar-refractivity contribution in [1.29, 1.82) is 0 Å². The van der Waals surface area contributed by atoms with Crippen LogP contribution in [0.3, 0.4) is 0 Å². The first kappa shape index (κ1) is 17.3. The van der Waals surface area contributed by atoms with E-state index in [2.05, 4.69) is 27.6 Å². The number of nitrogens with zero attached hydrogens (tertiary/aromatic N) is 2. The van der Waals surface area contributed by atoms with Crippen molar-refractivity contribution in [3.05, 3.63) is 71.1 Å². The van der Waals surface area contributed by atoms with Gasteiger partial charge in [-0.3, -0.25) is 5.32 Å². The van der Waals surface area contributed by atoms with Gasteiger partial charge in [0.1, 0.15) is 6.04 Å². The highest BCUT2D eigenvalue weighted by atomic mass is 35.5. The van der Waals surface area contributed by atoms with Crippen molar-refractivity contribution in [2.75, 3.05) is 0 Å². The van der Waals surface area contributed by atoms with Crippen LogP contribution < -0.4 is 5.32 Å². The van der Waals surface area contributed by atoms with Gasteiger partial charge in [-0.2, -0.15) is 0 Å². The summed E-state index contributed by atoms with van der Waals surface area (Å²) in [5.74, 6) is 1.04. The molecule has 0 saturated heterocycles. The van der Waals surface area contributed by atoms with Gasteiger partial charge in [0.25, 0.3) is 0 Å². The van der Waals surface area contributed by atoms with Gasteiger partial charge < -0.3 is 4.42 Å².